The minimum absolute atomic E-state index is 0.0958. The van der Waals surface area contributed by atoms with Crippen LogP contribution in [0.2, 0.25) is 0 Å². The molecule has 0 fully saturated rings. The average Bonchev–Trinajstić information content (AvgIpc) is 2.67. The Labute approximate surface area is 157 Å². The van der Waals surface area contributed by atoms with E-state index in [0.29, 0.717) is 6.54 Å². The number of rotatable bonds is 9. The fraction of sp³-hybridized carbons (Fsp3) is 0.409. The van der Waals surface area contributed by atoms with E-state index in [4.69, 9.17) is 4.74 Å². The van der Waals surface area contributed by atoms with Crippen molar-refractivity contribution in [2.45, 2.75) is 31.7 Å². The molecule has 0 unspecified atom stereocenters. The Morgan fingerprint density at radius 1 is 1.04 bits per heavy atom. The van der Waals surface area contributed by atoms with Crippen LogP contribution in [0.3, 0.4) is 0 Å². The Balaban J connectivity index is 2.07. The molecule has 0 heterocycles. The molecule has 2 atom stereocenters. The van der Waals surface area contributed by atoms with Gasteiger partial charge in [-0.3, -0.25) is 4.79 Å². The molecule has 0 aliphatic carbocycles. The average molecular weight is 354 g/mol. The zero-order valence-corrected chi connectivity index (χ0v) is 16.2. The fourth-order valence-electron chi connectivity index (χ4n) is 3.17. The van der Waals surface area contributed by atoms with Gasteiger partial charge in [0.2, 0.25) is 5.91 Å². The number of nitrogens with one attached hydrogen (secondary N) is 1. The second-order valence-corrected chi connectivity index (χ2v) is 6.75. The van der Waals surface area contributed by atoms with Crippen molar-refractivity contribution in [1.29, 1.82) is 0 Å². The second kappa shape index (κ2) is 9.97. The van der Waals surface area contributed by atoms with E-state index in [1.165, 1.54) is 0 Å². The van der Waals surface area contributed by atoms with Gasteiger partial charge in [0.1, 0.15) is 5.75 Å². The van der Waals surface area contributed by atoms with Crippen LogP contribution >= 0.6 is 0 Å². The maximum atomic E-state index is 12.8. The minimum Gasteiger partial charge on any atom is -0.497 e. The highest BCUT2D eigenvalue weighted by Gasteiger charge is 2.22. The van der Waals surface area contributed by atoms with Crippen molar-refractivity contribution in [3.8, 4) is 5.75 Å². The van der Waals surface area contributed by atoms with Crippen LogP contribution in [0.25, 0.3) is 0 Å². The molecule has 0 bridgehead atoms. The summed E-state index contributed by atoms with van der Waals surface area (Å²) in [5, 5.41) is 3.16. The van der Waals surface area contributed by atoms with Crippen LogP contribution in [0, 0.1) is 0 Å². The Hall–Kier alpha value is -2.33. The lowest BCUT2D eigenvalue weighted by Crippen LogP contribution is -2.37. The lowest BCUT2D eigenvalue weighted by molar-refractivity contribution is -0.123. The SMILES string of the molecule is CCC[C@H](C(=O)NC[C@@H](c1ccc(OC)cc1)N(C)C)c1ccccc1. The topological polar surface area (TPSA) is 41.6 Å². The smallest absolute Gasteiger partial charge is 0.227 e. The minimum atomic E-state index is -0.0973. The van der Waals surface area contributed by atoms with Crippen molar-refractivity contribution in [1.82, 2.24) is 10.2 Å². The normalized spacial score (nSPS) is 13.3. The molecular formula is C22H30N2O2. The third kappa shape index (κ3) is 5.33. The number of ether oxygens (including phenoxy) is 1. The van der Waals surface area contributed by atoms with Gasteiger partial charge in [0, 0.05) is 6.54 Å². The van der Waals surface area contributed by atoms with Crippen molar-refractivity contribution in [3.63, 3.8) is 0 Å². The van der Waals surface area contributed by atoms with Crippen molar-refractivity contribution in [2.24, 2.45) is 0 Å². The lowest BCUT2D eigenvalue weighted by atomic mass is 9.93. The molecule has 1 amide bonds. The largest absolute Gasteiger partial charge is 0.497 e. The molecule has 2 aromatic carbocycles. The van der Waals surface area contributed by atoms with Crippen LogP contribution in [0.4, 0.5) is 0 Å². The number of carbonyl (C=O) groups excluding carboxylic acids is 1. The molecule has 140 valence electrons. The van der Waals surface area contributed by atoms with E-state index in [9.17, 15) is 4.79 Å². The van der Waals surface area contributed by atoms with Gasteiger partial charge in [0.25, 0.3) is 0 Å². The summed E-state index contributed by atoms with van der Waals surface area (Å²) in [6.07, 6.45) is 1.83. The Morgan fingerprint density at radius 3 is 2.23 bits per heavy atom. The van der Waals surface area contributed by atoms with E-state index in [-0.39, 0.29) is 17.9 Å². The third-order valence-electron chi connectivity index (χ3n) is 4.69. The molecule has 26 heavy (non-hydrogen) atoms. The van der Waals surface area contributed by atoms with E-state index in [2.05, 4.69) is 29.3 Å². The number of amides is 1. The quantitative estimate of drug-likeness (QED) is 0.740. The first-order chi connectivity index (χ1) is 12.6. The molecule has 4 nitrogen and oxygen atoms in total. The van der Waals surface area contributed by atoms with E-state index in [0.717, 1.165) is 29.7 Å². The van der Waals surface area contributed by atoms with Gasteiger partial charge in [-0.25, -0.2) is 0 Å². The summed E-state index contributed by atoms with van der Waals surface area (Å²) < 4.78 is 5.23. The van der Waals surface area contributed by atoms with Crippen LogP contribution in [0.15, 0.2) is 54.6 Å². The number of hydrogen-bond acceptors (Lipinski definition) is 3. The fourth-order valence-corrected chi connectivity index (χ4v) is 3.17. The Bertz CT molecular complexity index is 668. The van der Waals surface area contributed by atoms with Gasteiger partial charge in [0.15, 0.2) is 0 Å². The van der Waals surface area contributed by atoms with E-state index >= 15 is 0 Å². The van der Waals surface area contributed by atoms with Crippen molar-refractivity contribution < 1.29 is 9.53 Å². The maximum Gasteiger partial charge on any atom is 0.227 e. The summed E-state index contributed by atoms with van der Waals surface area (Å²) in [6, 6.07) is 18.2. The van der Waals surface area contributed by atoms with Crippen LogP contribution in [-0.2, 0) is 4.79 Å². The molecule has 1 N–H and O–H groups in total. The molecule has 2 aromatic rings. The van der Waals surface area contributed by atoms with Crippen LogP contribution in [-0.4, -0.2) is 38.6 Å². The maximum absolute atomic E-state index is 12.8. The van der Waals surface area contributed by atoms with Crippen molar-refractivity contribution in [2.75, 3.05) is 27.7 Å². The summed E-state index contributed by atoms with van der Waals surface area (Å²) >= 11 is 0. The lowest BCUT2D eigenvalue weighted by Gasteiger charge is -2.26. The van der Waals surface area contributed by atoms with Gasteiger partial charge >= 0.3 is 0 Å². The van der Waals surface area contributed by atoms with Gasteiger partial charge in [-0.2, -0.15) is 0 Å². The molecule has 0 aliphatic heterocycles. The number of carbonyl (C=O) groups is 1. The van der Waals surface area contributed by atoms with Crippen LogP contribution in [0.1, 0.15) is 42.9 Å². The molecule has 0 radical (unpaired) electrons. The summed E-state index contributed by atoms with van der Waals surface area (Å²) in [4.78, 5) is 15.0. The zero-order valence-electron chi connectivity index (χ0n) is 16.2. The van der Waals surface area contributed by atoms with Gasteiger partial charge in [0.05, 0.1) is 19.1 Å². The van der Waals surface area contributed by atoms with Crippen molar-refractivity contribution >= 4 is 5.91 Å². The highest BCUT2D eigenvalue weighted by atomic mass is 16.5. The van der Waals surface area contributed by atoms with E-state index in [1.54, 1.807) is 7.11 Å². The first-order valence-electron chi connectivity index (χ1n) is 9.19. The third-order valence-corrected chi connectivity index (χ3v) is 4.69. The van der Waals surface area contributed by atoms with Gasteiger partial charge in [-0.1, -0.05) is 55.8 Å². The molecular weight excluding hydrogens is 324 g/mol. The van der Waals surface area contributed by atoms with E-state index < -0.39 is 0 Å². The van der Waals surface area contributed by atoms with Gasteiger partial charge in [-0.05, 0) is 43.8 Å². The molecule has 0 spiro atoms. The number of hydrogen-bond donors (Lipinski definition) is 1. The highest BCUT2D eigenvalue weighted by molar-refractivity contribution is 5.83. The standard InChI is InChI=1S/C22H30N2O2/c1-5-9-20(17-10-7-6-8-11-17)22(25)23-16-21(24(2)3)18-12-14-19(26-4)15-13-18/h6-8,10-15,20-21H,5,9,16H2,1-4H3,(H,23,25)/t20-,21-/m0/s1. The predicted molar refractivity (Wildman–Crippen MR) is 107 cm³/mol. The van der Waals surface area contributed by atoms with Crippen LogP contribution < -0.4 is 10.1 Å². The number of methoxy groups -OCH3 is 1. The molecule has 4 heteroatoms. The highest BCUT2D eigenvalue weighted by Crippen LogP contribution is 2.23. The Morgan fingerprint density at radius 2 is 1.69 bits per heavy atom. The number of benzene rings is 2. The van der Waals surface area contributed by atoms with Gasteiger partial charge in [-0.15, -0.1) is 0 Å². The first kappa shape index (κ1) is 20.0. The van der Waals surface area contributed by atoms with E-state index in [1.807, 2.05) is 56.6 Å². The Kier molecular flexibility index (Phi) is 7.67. The molecule has 0 saturated carbocycles. The van der Waals surface area contributed by atoms with Crippen LogP contribution in [0.5, 0.6) is 5.75 Å². The number of nitrogens with zero attached hydrogens (tertiary/aromatic N) is 1. The van der Waals surface area contributed by atoms with Crippen molar-refractivity contribution in [3.05, 3.63) is 65.7 Å². The summed E-state index contributed by atoms with van der Waals surface area (Å²) in [5.41, 5.74) is 2.24. The molecule has 2 rings (SSSR count). The summed E-state index contributed by atoms with van der Waals surface area (Å²) in [5.74, 6) is 0.834. The summed E-state index contributed by atoms with van der Waals surface area (Å²) in [7, 11) is 5.72. The number of likely N-dealkylation sites (N-methyl/N-ethyl adjacent to an activating group) is 1. The van der Waals surface area contributed by atoms with Gasteiger partial charge < -0.3 is 15.0 Å². The second-order valence-electron chi connectivity index (χ2n) is 6.75. The molecule has 0 aromatic heterocycles. The molecule has 0 saturated heterocycles. The molecule has 0 aliphatic rings. The summed E-state index contributed by atoms with van der Waals surface area (Å²) in [6.45, 7) is 2.69. The zero-order chi connectivity index (χ0) is 18.9. The monoisotopic (exact) mass is 354 g/mol. The first-order valence-corrected chi connectivity index (χ1v) is 9.19. The predicted octanol–water partition coefficient (Wildman–Crippen LogP) is 4.00.